The average molecular weight is 506 g/mol. The van der Waals surface area contributed by atoms with E-state index >= 15 is 0 Å². The number of likely N-dealkylation sites (tertiary alicyclic amines) is 1. The Kier molecular flexibility index (Phi) is 9.01. The maximum absolute atomic E-state index is 13.4. The van der Waals surface area contributed by atoms with Crippen molar-refractivity contribution in [1.29, 1.82) is 0 Å². The van der Waals surface area contributed by atoms with Gasteiger partial charge in [-0.25, -0.2) is 8.78 Å². The number of nitrogens with zero attached hydrogens (tertiary/aromatic N) is 1. The minimum atomic E-state index is -0.634. The van der Waals surface area contributed by atoms with Crippen molar-refractivity contribution < 1.29 is 18.4 Å². The highest BCUT2D eigenvalue weighted by Gasteiger charge is 2.24. The van der Waals surface area contributed by atoms with Crippen molar-refractivity contribution >= 4 is 17.5 Å². The van der Waals surface area contributed by atoms with E-state index in [0.29, 0.717) is 23.6 Å². The molecule has 2 N–H and O–H groups in total. The molecule has 37 heavy (non-hydrogen) atoms. The summed E-state index contributed by atoms with van der Waals surface area (Å²) in [6.45, 7) is 4.89. The largest absolute Gasteiger partial charge is 0.355 e. The van der Waals surface area contributed by atoms with E-state index in [4.69, 9.17) is 0 Å². The summed E-state index contributed by atoms with van der Waals surface area (Å²) in [5, 5.41) is 5.87. The molecule has 0 aromatic heterocycles. The van der Waals surface area contributed by atoms with Crippen LogP contribution < -0.4 is 10.6 Å². The van der Waals surface area contributed by atoms with Gasteiger partial charge in [0, 0.05) is 19.2 Å². The lowest BCUT2D eigenvalue weighted by atomic mass is 9.89. The molecule has 0 radical (unpaired) electrons. The van der Waals surface area contributed by atoms with Crippen molar-refractivity contribution in [3.8, 4) is 0 Å². The van der Waals surface area contributed by atoms with Crippen molar-refractivity contribution in [2.24, 2.45) is 0 Å². The lowest BCUT2D eigenvalue weighted by Crippen LogP contribution is -2.36. The third kappa shape index (κ3) is 7.46. The molecule has 1 saturated heterocycles. The van der Waals surface area contributed by atoms with Crippen molar-refractivity contribution in [1.82, 2.24) is 10.2 Å². The first-order chi connectivity index (χ1) is 17.9. The summed E-state index contributed by atoms with van der Waals surface area (Å²) < 4.78 is 26.9. The first kappa shape index (κ1) is 26.5. The monoisotopic (exact) mass is 505 g/mol. The van der Waals surface area contributed by atoms with Crippen LogP contribution in [0.1, 0.15) is 54.7 Å². The highest BCUT2D eigenvalue weighted by atomic mass is 19.1. The SMILES string of the molecule is CC(=O)Nc1cccc(C2CCN(CCCNC(=O)C(c3ccc(F)cc3)c3ccc(F)cc3)CC2)c1. The Morgan fingerprint density at radius 2 is 1.51 bits per heavy atom. The zero-order valence-electron chi connectivity index (χ0n) is 21.1. The first-order valence-corrected chi connectivity index (χ1v) is 12.8. The summed E-state index contributed by atoms with van der Waals surface area (Å²) in [6.07, 6.45) is 2.91. The standard InChI is InChI=1S/C30H33F2N3O2/c1-21(36)34-28-5-2-4-25(20-28)22-14-18-35(19-15-22)17-3-16-33-30(37)29(23-6-10-26(31)11-7-23)24-8-12-27(32)13-9-24/h2,4-13,20,22,29H,3,14-19H2,1H3,(H,33,37)(H,34,36). The second-order valence-corrected chi connectivity index (χ2v) is 9.60. The molecule has 1 heterocycles. The Balaban J connectivity index is 1.26. The molecule has 0 spiro atoms. The number of hydrogen-bond acceptors (Lipinski definition) is 3. The van der Waals surface area contributed by atoms with E-state index in [1.165, 1.54) is 36.8 Å². The highest BCUT2D eigenvalue weighted by Crippen LogP contribution is 2.30. The van der Waals surface area contributed by atoms with Gasteiger partial charge in [-0.2, -0.15) is 0 Å². The zero-order valence-corrected chi connectivity index (χ0v) is 21.1. The number of carbonyl (C=O) groups excluding carboxylic acids is 2. The van der Waals surface area contributed by atoms with Crippen LogP contribution in [0, 0.1) is 11.6 Å². The van der Waals surface area contributed by atoms with E-state index in [0.717, 1.165) is 44.6 Å². The van der Waals surface area contributed by atoms with Gasteiger partial charge in [-0.15, -0.1) is 0 Å². The van der Waals surface area contributed by atoms with E-state index < -0.39 is 5.92 Å². The van der Waals surface area contributed by atoms with Gasteiger partial charge in [-0.3, -0.25) is 9.59 Å². The molecule has 7 heteroatoms. The average Bonchev–Trinajstić information content (AvgIpc) is 2.89. The Morgan fingerprint density at radius 1 is 0.919 bits per heavy atom. The number of anilines is 1. The fourth-order valence-electron chi connectivity index (χ4n) is 4.99. The second-order valence-electron chi connectivity index (χ2n) is 9.60. The maximum Gasteiger partial charge on any atom is 0.232 e. The minimum absolute atomic E-state index is 0.0688. The molecule has 2 amide bonds. The Bertz CT molecular complexity index is 1140. The summed E-state index contributed by atoms with van der Waals surface area (Å²) in [5.41, 5.74) is 3.42. The Labute approximate surface area is 216 Å². The molecular weight excluding hydrogens is 472 g/mol. The van der Waals surface area contributed by atoms with Gasteiger partial charge >= 0.3 is 0 Å². The Hall–Kier alpha value is -3.58. The summed E-state index contributed by atoms with van der Waals surface area (Å²) in [4.78, 5) is 26.9. The van der Waals surface area contributed by atoms with Crippen molar-refractivity contribution in [3.63, 3.8) is 0 Å². The molecule has 3 aromatic carbocycles. The second kappa shape index (κ2) is 12.6. The molecule has 0 saturated carbocycles. The number of piperidine rings is 1. The number of hydrogen-bond donors (Lipinski definition) is 2. The van der Waals surface area contributed by atoms with Crippen LogP contribution in [0.2, 0.25) is 0 Å². The molecule has 5 nitrogen and oxygen atoms in total. The summed E-state index contributed by atoms with van der Waals surface area (Å²) in [7, 11) is 0. The zero-order chi connectivity index (χ0) is 26.2. The van der Waals surface area contributed by atoms with Crippen LogP contribution in [-0.4, -0.2) is 42.9 Å². The summed E-state index contributed by atoms with van der Waals surface area (Å²) in [5.74, 6) is -1.16. The predicted molar refractivity (Wildman–Crippen MR) is 141 cm³/mol. The van der Waals surface area contributed by atoms with Gasteiger partial charge < -0.3 is 15.5 Å². The van der Waals surface area contributed by atoms with Gasteiger partial charge in [0.15, 0.2) is 0 Å². The molecule has 0 atom stereocenters. The quantitative estimate of drug-likeness (QED) is 0.381. The van der Waals surface area contributed by atoms with Crippen LogP contribution in [0.3, 0.4) is 0 Å². The van der Waals surface area contributed by atoms with Crippen LogP contribution in [0.5, 0.6) is 0 Å². The number of amides is 2. The van der Waals surface area contributed by atoms with Crippen LogP contribution in [-0.2, 0) is 9.59 Å². The molecule has 0 bridgehead atoms. The Morgan fingerprint density at radius 3 is 2.08 bits per heavy atom. The lowest BCUT2D eigenvalue weighted by Gasteiger charge is -2.32. The fraction of sp³-hybridized carbons (Fsp3) is 0.333. The molecule has 1 aliphatic heterocycles. The summed E-state index contributed by atoms with van der Waals surface area (Å²) in [6, 6.07) is 19.8. The molecule has 1 aliphatic rings. The smallest absolute Gasteiger partial charge is 0.232 e. The number of carbonyl (C=O) groups is 2. The fourth-order valence-corrected chi connectivity index (χ4v) is 4.99. The number of nitrogens with one attached hydrogen (secondary N) is 2. The van der Waals surface area contributed by atoms with E-state index in [1.807, 2.05) is 12.1 Å². The van der Waals surface area contributed by atoms with Gasteiger partial charge in [-0.1, -0.05) is 36.4 Å². The van der Waals surface area contributed by atoms with E-state index in [1.54, 1.807) is 24.3 Å². The number of halogens is 2. The molecule has 1 fully saturated rings. The van der Waals surface area contributed by atoms with Crippen LogP contribution >= 0.6 is 0 Å². The lowest BCUT2D eigenvalue weighted by molar-refractivity contribution is -0.121. The van der Waals surface area contributed by atoms with Crippen molar-refractivity contribution in [2.75, 3.05) is 31.5 Å². The van der Waals surface area contributed by atoms with Gasteiger partial charge in [0.1, 0.15) is 11.6 Å². The highest BCUT2D eigenvalue weighted by molar-refractivity contribution is 5.88. The topological polar surface area (TPSA) is 61.4 Å². The van der Waals surface area contributed by atoms with Crippen molar-refractivity contribution in [3.05, 3.63) is 101 Å². The van der Waals surface area contributed by atoms with E-state index in [-0.39, 0.29) is 23.4 Å². The third-order valence-corrected chi connectivity index (χ3v) is 6.89. The maximum atomic E-state index is 13.4. The van der Waals surface area contributed by atoms with Gasteiger partial charge in [0.2, 0.25) is 11.8 Å². The minimum Gasteiger partial charge on any atom is -0.355 e. The molecule has 4 rings (SSSR count). The van der Waals surface area contributed by atoms with Gasteiger partial charge in [0.05, 0.1) is 5.92 Å². The number of benzene rings is 3. The van der Waals surface area contributed by atoms with E-state index in [9.17, 15) is 18.4 Å². The molecule has 0 aliphatic carbocycles. The van der Waals surface area contributed by atoms with Crippen LogP contribution in [0.25, 0.3) is 0 Å². The third-order valence-electron chi connectivity index (χ3n) is 6.89. The van der Waals surface area contributed by atoms with Crippen LogP contribution in [0.4, 0.5) is 14.5 Å². The predicted octanol–water partition coefficient (Wildman–Crippen LogP) is 5.44. The van der Waals surface area contributed by atoms with Crippen LogP contribution in [0.15, 0.2) is 72.8 Å². The van der Waals surface area contributed by atoms with Gasteiger partial charge in [-0.05, 0) is 97.9 Å². The molecule has 0 unspecified atom stereocenters. The number of rotatable bonds is 9. The first-order valence-electron chi connectivity index (χ1n) is 12.8. The van der Waals surface area contributed by atoms with Crippen molar-refractivity contribution in [2.45, 2.75) is 38.0 Å². The van der Waals surface area contributed by atoms with Gasteiger partial charge in [0.25, 0.3) is 0 Å². The molecular formula is C30H33F2N3O2. The molecule has 3 aromatic rings. The molecule has 194 valence electrons. The van der Waals surface area contributed by atoms with E-state index in [2.05, 4.69) is 27.7 Å². The summed E-state index contributed by atoms with van der Waals surface area (Å²) >= 11 is 0. The normalized spacial score (nSPS) is 14.5.